The van der Waals surface area contributed by atoms with Gasteiger partial charge in [-0.15, -0.1) is 0 Å². The molecule has 0 radical (unpaired) electrons. The third-order valence-electron chi connectivity index (χ3n) is 6.47. The van der Waals surface area contributed by atoms with Crippen LogP contribution in [0.25, 0.3) is 11.0 Å². The van der Waals surface area contributed by atoms with E-state index in [1.807, 2.05) is 30.1 Å². The molecule has 0 bridgehead atoms. The molecule has 0 aliphatic carbocycles. The van der Waals surface area contributed by atoms with Gasteiger partial charge >= 0.3 is 0 Å². The highest BCUT2D eigenvalue weighted by atomic mass is 16.5. The minimum Gasteiger partial charge on any atom is -0.497 e. The summed E-state index contributed by atoms with van der Waals surface area (Å²) >= 11 is 0. The lowest BCUT2D eigenvalue weighted by atomic mass is 9.95. The largest absolute Gasteiger partial charge is 0.497 e. The van der Waals surface area contributed by atoms with E-state index in [9.17, 15) is 4.79 Å². The molecule has 3 aromatic rings. The predicted octanol–water partition coefficient (Wildman–Crippen LogP) is 4.17. The first-order valence-electron chi connectivity index (χ1n) is 11.6. The highest BCUT2D eigenvalue weighted by Gasteiger charge is 2.27. The van der Waals surface area contributed by atoms with Gasteiger partial charge in [-0.25, -0.2) is 4.98 Å². The molecule has 0 saturated carbocycles. The van der Waals surface area contributed by atoms with E-state index in [1.165, 1.54) is 5.56 Å². The van der Waals surface area contributed by atoms with Crippen molar-refractivity contribution >= 4 is 16.9 Å². The van der Waals surface area contributed by atoms with Gasteiger partial charge in [0, 0.05) is 26.1 Å². The number of rotatable bonds is 8. The number of carbonyl (C=O) groups excluding carboxylic acids is 1. The second-order valence-corrected chi connectivity index (χ2v) is 8.76. The Hall–Kier alpha value is -2.86. The Balaban J connectivity index is 1.47. The standard InChI is InChI=1S/C26H34N4O2/c1-4-15-28(2)26(31)21-13-16-29(17-14-21)19-25-27-23-7-5-6-8-24(23)30(25)18-20-9-11-22(32-3)12-10-20/h5-12,21H,4,13-19H2,1-3H3. The van der Waals surface area contributed by atoms with Gasteiger partial charge in [0.05, 0.1) is 24.7 Å². The van der Waals surface area contributed by atoms with Gasteiger partial charge in [0.15, 0.2) is 0 Å². The van der Waals surface area contributed by atoms with Crippen molar-refractivity contribution in [3.05, 3.63) is 59.9 Å². The van der Waals surface area contributed by atoms with Crippen LogP contribution in [-0.2, 0) is 17.9 Å². The van der Waals surface area contributed by atoms with Gasteiger partial charge in [0.2, 0.25) is 5.91 Å². The summed E-state index contributed by atoms with van der Waals surface area (Å²) in [4.78, 5) is 22.0. The minimum atomic E-state index is 0.154. The zero-order valence-corrected chi connectivity index (χ0v) is 19.5. The Kier molecular flexibility index (Phi) is 7.10. The molecule has 0 atom stereocenters. The number of piperidine rings is 1. The van der Waals surface area contributed by atoms with Crippen molar-refractivity contribution in [3.63, 3.8) is 0 Å². The quantitative estimate of drug-likeness (QED) is 0.534. The number of likely N-dealkylation sites (tertiary alicyclic amines) is 1. The Bertz CT molecular complexity index is 1040. The van der Waals surface area contributed by atoms with Crippen LogP contribution in [0.2, 0.25) is 0 Å². The normalized spacial score (nSPS) is 15.2. The first-order valence-corrected chi connectivity index (χ1v) is 11.6. The van der Waals surface area contributed by atoms with Crippen LogP contribution >= 0.6 is 0 Å². The molecule has 1 fully saturated rings. The number of para-hydroxylation sites is 2. The van der Waals surface area contributed by atoms with Crippen LogP contribution in [0.5, 0.6) is 5.75 Å². The van der Waals surface area contributed by atoms with Crippen LogP contribution in [0.1, 0.15) is 37.6 Å². The summed E-state index contributed by atoms with van der Waals surface area (Å²) in [5, 5.41) is 0. The molecular weight excluding hydrogens is 400 g/mol. The second-order valence-electron chi connectivity index (χ2n) is 8.76. The van der Waals surface area contributed by atoms with Crippen LogP contribution < -0.4 is 4.74 Å². The summed E-state index contributed by atoms with van der Waals surface area (Å²) in [6, 6.07) is 16.6. The average molecular weight is 435 g/mol. The fourth-order valence-electron chi connectivity index (χ4n) is 4.63. The van der Waals surface area contributed by atoms with Gasteiger partial charge in [-0.3, -0.25) is 9.69 Å². The molecule has 1 amide bonds. The minimum absolute atomic E-state index is 0.154. The summed E-state index contributed by atoms with van der Waals surface area (Å²) in [6.07, 6.45) is 2.85. The topological polar surface area (TPSA) is 50.6 Å². The summed E-state index contributed by atoms with van der Waals surface area (Å²) in [7, 11) is 3.62. The van der Waals surface area contributed by atoms with Gasteiger partial charge in [0.25, 0.3) is 0 Å². The van der Waals surface area contributed by atoms with Gasteiger partial charge in [-0.2, -0.15) is 0 Å². The molecule has 1 saturated heterocycles. The van der Waals surface area contributed by atoms with Crippen LogP contribution in [0.4, 0.5) is 0 Å². The van der Waals surface area contributed by atoms with Crippen LogP contribution in [0.15, 0.2) is 48.5 Å². The molecule has 6 heteroatoms. The molecular formula is C26H34N4O2. The molecule has 1 aromatic heterocycles. The van der Waals surface area contributed by atoms with Crippen molar-refractivity contribution in [2.75, 3.05) is 33.8 Å². The number of benzene rings is 2. The molecule has 170 valence electrons. The number of aromatic nitrogens is 2. The number of imidazole rings is 1. The Morgan fingerprint density at radius 2 is 1.81 bits per heavy atom. The number of hydrogen-bond acceptors (Lipinski definition) is 4. The molecule has 6 nitrogen and oxygen atoms in total. The molecule has 2 aromatic carbocycles. The van der Waals surface area contributed by atoms with Crippen molar-refractivity contribution in [1.82, 2.24) is 19.4 Å². The molecule has 32 heavy (non-hydrogen) atoms. The molecule has 0 N–H and O–H groups in total. The second kappa shape index (κ2) is 10.2. The average Bonchev–Trinajstić information content (AvgIpc) is 3.16. The first kappa shape index (κ1) is 22.3. The Morgan fingerprint density at radius 1 is 1.09 bits per heavy atom. The van der Waals surface area contributed by atoms with Gasteiger partial charge in [0.1, 0.15) is 11.6 Å². The molecule has 4 rings (SSSR count). The summed E-state index contributed by atoms with van der Waals surface area (Å²) in [5.74, 6) is 2.40. The zero-order valence-electron chi connectivity index (χ0n) is 19.5. The number of nitrogens with zero attached hydrogens (tertiary/aromatic N) is 4. The third kappa shape index (κ3) is 4.96. The van der Waals surface area contributed by atoms with Gasteiger partial charge in [-0.05, 0) is 62.2 Å². The smallest absolute Gasteiger partial charge is 0.225 e. The Labute approximate surface area is 190 Å². The predicted molar refractivity (Wildman–Crippen MR) is 128 cm³/mol. The van der Waals surface area contributed by atoms with Crippen molar-refractivity contribution in [2.24, 2.45) is 5.92 Å². The van der Waals surface area contributed by atoms with E-state index in [0.717, 1.165) is 74.6 Å². The maximum Gasteiger partial charge on any atom is 0.225 e. The molecule has 0 unspecified atom stereocenters. The fourth-order valence-corrected chi connectivity index (χ4v) is 4.63. The SMILES string of the molecule is CCCN(C)C(=O)C1CCN(Cc2nc3ccccc3n2Cc2ccc(OC)cc2)CC1. The van der Waals surface area contributed by atoms with E-state index in [0.29, 0.717) is 5.91 Å². The van der Waals surface area contributed by atoms with Crippen molar-refractivity contribution in [2.45, 2.75) is 39.3 Å². The lowest BCUT2D eigenvalue weighted by Crippen LogP contribution is -2.41. The number of amides is 1. The van der Waals surface area contributed by atoms with E-state index in [2.05, 4.69) is 46.7 Å². The lowest BCUT2D eigenvalue weighted by Gasteiger charge is -2.33. The van der Waals surface area contributed by atoms with E-state index in [1.54, 1.807) is 7.11 Å². The number of fused-ring (bicyclic) bond motifs is 1. The number of carbonyl (C=O) groups is 1. The molecule has 1 aliphatic heterocycles. The molecule has 2 heterocycles. The van der Waals surface area contributed by atoms with Crippen molar-refractivity contribution < 1.29 is 9.53 Å². The zero-order chi connectivity index (χ0) is 22.5. The van der Waals surface area contributed by atoms with Gasteiger partial charge < -0.3 is 14.2 Å². The van der Waals surface area contributed by atoms with E-state index in [4.69, 9.17) is 9.72 Å². The summed E-state index contributed by atoms with van der Waals surface area (Å²) in [5.41, 5.74) is 3.41. The lowest BCUT2D eigenvalue weighted by molar-refractivity contribution is -0.135. The molecule has 0 spiro atoms. The van der Waals surface area contributed by atoms with Gasteiger partial charge in [-0.1, -0.05) is 31.2 Å². The monoisotopic (exact) mass is 434 g/mol. The van der Waals surface area contributed by atoms with Crippen LogP contribution in [-0.4, -0.2) is 59.0 Å². The van der Waals surface area contributed by atoms with Crippen LogP contribution in [0.3, 0.4) is 0 Å². The van der Waals surface area contributed by atoms with E-state index < -0.39 is 0 Å². The summed E-state index contributed by atoms with van der Waals surface area (Å²) in [6.45, 7) is 6.40. The number of hydrogen-bond donors (Lipinski definition) is 0. The maximum atomic E-state index is 12.7. The summed E-state index contributed by atoms with van der Waals surface area (Å²) < 4.78 is 7.62. The number of methoxy groups -OCH3 is 1. The highest BCUT2D eigenvalue weighted by molar-refractivity contribution is 5.78. The fraction of sp³-hybridized carbons (Fsp3) is 0.462. The van der Waals surface area contributed by atoms with Crippen LogP contribution in [0, 0.1) is 5.92 Å². The molecule has 1 aliphatic rings. The maximum absolute atomic E-state index is 12.7. The van der Waals surface area contributed by atoms with Crippen molar-refractivity contribution in [3.8, 4) is 5.75 Å². The van der Waals surface area contributed by atoms with E-state index in [-0.39, 0.29) is 5.92 Å². The first-order chi connectivity index (χ1) is 15.6. The van der Waals surface area contributed by atoms with Crippen molar-refractivity contribution in [1.29, 1.82) is 0 Å². The van der Waals surface area contributed by atoms with E-state index >= 15 is 0 Å². The highest BCUT2D eigenvalue weighted by Crippen LogP contribution is 2.24. The Morgan fingerprint density at radius 3 is 2.50 bits per heavy atom. The third-order valence-corrected chi connectivity index (χ3v) is 6.47. The number of ether oxygens (including phenoxy) is 1.